The largest absolute Gasteiger partial charge is 0.497 e. The molecule has 0 aliphatic rings. The van der Waals surface area contributed by atoms with Crippen LogP contribution in [0.3, 0.4) is 0 Å². The first-order chi connectivity index (χ1) is 20.1. The Hall–Kier alpha value is -3.77. The van der Waals surface area contributed by atoms with Crippen molar-refractivity contribution in [3.05, 3.63) is 77.3 Å². The second-order valence-corrected chi connectivity index (χ2v) is 12.3. The number of hydrogen-bond donors (Lipinski definition) is 3. The van der Waals surface area contributed by atoms with Gasteiger partial charge in [0.2, 0.25) is 0 Å². The van der Waals surface area contributed by atoms with E-state index in [-0.39, 0.29) is 28.7 Å². The number of nitrogens with one attached hydrogen (secondary N) is 2. The Morgan fingerprint density at radius 2 is 1.71 bits per heavy atom. The number of hydrogen-bond acceptors (Lipinski definition) is 9. The van der Waals surface area contributed by atoms with Gasteiger partial charge in [-0.3, -0.25) is 9.52 Å². The number of anilines is 3. The summed E-state index contributed by atoms with van der Waals surface area (Å²) in [7, 11) is 1.41. The standard InChI is InChI=1S/C30H35ClN6O4S/c1-37(2)16-7-6-11-24(32)28(38)18-20-9-8-10-22(17-20)42(39,40)36-30-29(33-25-12-4-5-13-26(25)34-30)35-27-19-21(41-3)14-15-23(27)31/h4-5,8-10,12-15,17,19,24H,6-7,11,16,18,32H2,1-3H3,(H,33,35)(H,34,36)/t24-/m0/s1. The van der Waals surface area contributed by atoms with Crippen LogP contribution in [0.1, 0.15) is 24.8 Å². The number of nitrogens with zero attached hydrogens (tertiary/aromatic N) is 3. The third-order valence-corrected chi connectivity index (χ3v) is 8.27. The summed E-state index contributed by atoms with van der Waals surface area (Å²) in [6.45, 7) is 0.930. The zero-order chi connectivity index (χ0) is 30.3. The second-order valence-electron chi connectivity index (χ2n) is 10.2. The number of Topliss-reactive ketones (excluding diaryl/α,β-unsaturated/α-hetero) is 1. The third-order valence-electron chi connectivity index (χ3n) is 6.60. The van der Waals surface area contributed by atoms with Crippen molar-refractivity contribution in [1.29, 1.82) is 0 Å². The monoisotopic (exact) mass is 610 g/mol. The Morgan fingerprint density at radius 1 is 1.00 bits per heavy atom. The third kappa shape index (κ3) is 8.16. The highest BCUT2D eigenvalue weighted by Gasteiger charge is 2.21. The SMILES string of the molecule is COc1ccc(Cl)c(Nc2nc3ccccc3nc2NS(=O)(=O)c2cccc(CC(=O)[C@@H](N)CCCCN(C)C)c2)c1. The summed E-state index contributed by atoms with van der Waals surface area (Å²) in [5.74, 6) is 0.551. The number of benzene rings is 3. The second kappa shape index (κ2) is 13.9. The van der Waals surface area contributed by atoms with Crippen molar-refractivity contribution in [2.45, 2.75) is 36.6 Å². The maximum Gasteiger partial charge on any atom is 0.263 e. The minimum absolute atomic E-state index is 0.0196. The van der Waals surface area contributed by atoms with Crippen LogP contribution in [-0.4, -0.2) is 62.9 Å². The fourth-order valence-electron chi connectivity index (χ4n) is 4.31. The Labute approximate surface area is 251 Å². The highest BCUT2D eigenvalue weighted by molar-refractivity contribution is 7.92. The molecule has 4 rings (SSSR count). The fourth-order valence-corrected chi connectivity index (χ4v) is 5.55. The number of carbonyl (C=O) groups excluding carboxylic acids is 1. The maximum absolute atomic E-state index is 13.5. The molecule has 0 fully saturated rings. The van der Waals surface area contributed by atoms with E-state index < -0.39 is 16.1 Å². The molecular formula is C30H35ClN6O4S. The molecule has 3 aromatic carbocycles. The summed E-state index contributed by atoms with van der Waals surface area (Å²) in [5.41, 5.74) is 8.19. The van der Waals surface area contributed by atoms with E-state index in [1.807, 2.05) is 20.2 Å². The Kier molecular flexibility index (Phi) is 10.3. The number of unbranched alkanes of at least 4 members (excludes halogenated alkanes) is 1. The van der Waals surface area contributed by atoms with Crippen LogP contribution < -0.4 is 20.5 Å². The van der Waals surface area contributed by atoms with Gasteiger partial charge in [0.25, 0.3) is 10.0 Å². The van der Waals surface area contributed by atoms with Crippen LogP contribution in [0.25, 0.3) is 11.0 Å². The van der Waals surface area contributed by atoms with Crippen LogP contribution in [-0.2, 0) is 21.2 Å². The van der Waals surface area contributed by atoms with Gasteiger partial charge in [0.1, 0.15) is 5.75 Å². The molecule has 0 bridgehead atoms. The molecule has 1 atom stereocenters. The van der Waals surface area contributed by atoms with Gasteiger partial charge in [-0.25, -0.2) is 18.4 Å². The van der Waals surface area contributed by atoms with E-state index >= 15 is 0 Å². The molecule has 0 saturated heterocycles. The quantitative estimate of drug-likeness (QED) is 0.168. The van der Waals surface area contributed by atoms with Gasteiger partial charge < -0.3 is 20.7 Å². The van der Waals surface area contributed by atoms with E-state index in [4.69, 9.17) is 22.1 Å². The number of para-hydroxylation sites is 2. The lowest BCUT2D eigenvalue weighted by atomic mass is 10.00. The summed E-state index contributed by atoms with van der Waals surface area (Å²) in [6, 6.07) is 17.8. The first-order valence-corrected chi connectivity index (χ1v) is 15.3. The molecule has 12 heteroatoms. The van der Waals surface area contributed by atoms with E-state index in [1.165, 1.54) is 19.2 Å². The molecule has 42 heavy (non-hydrogen) atoms. The zero-order valence-corrected chi connectivity index (χ0v) is 25.4. The molecule has 0 saturated carbocycles. The molecule has 10 nitrogen and oxygen atoms in total. The molecule has 0 aliphatic carbocycles. The number of sulfonamides is 1. The van der Waals surface area contributed by atoms with Crippen LogP contribution in [0.2, 0.25) is 5.02 Å². The van der Waals surface area contributed by atoms with Crippen molar-refractivity contribution in [3.63, 3.8) is 0 Å². The number of ketones is 1. The molecule has 0 spiro atoms. The number of rotatable bonds is 14. The molecule has 0 amide bonds. The summed E-state index contributed by atoms with van der Waals surface area (Å²) in [4.78, 5) is 24.0. The Morgan fingerprint density at radius 3 is 2.40 bits per heavy atom. The average molecular weight is 611 g/mol. The number of nitrogens with two attached hydrogens (primary N) is 1. The predicted molar refractivity (Wildman–Crippen MR) is 167 cm³/mol. The molecule has 0 radical (unpaired) electrons. The van der Waals surface area contributed by atoms with Crippen molar-refractivity contribution in [1.82, 2.24) is 14.9 Å². The number of methoxy groups -OCH3 is 1. The van der Waals surface area contributed by atoms with Gasteiger partial charge in [-0.2, -0.15) is 0 Å². The molecular weight excluding hydrogens is 576 g/mol. The maximum atomic E-state index is 13.5. The zero-order valence-electron chi connectivity index (χ0n) is 23.8. The summed E-state index contributed by atoms with van der Waals surface area (Å²) in [5, 5.41) is 3.47. The molecule has 4 aromatic rings. The smallest absolute Gasteiger partial charge is 0.263 e. The van der Waals surface area contributed by atoms with Gasteiger partial charge in [0.05, 0.1) is 39.8 Å². The van der Waals surface area contributed by atoms with E-state index in [0.717, 1.165) is 19.4 Å². The number of aromatic nitrogens is 2. The van der Waals surface area contributed by atoms with E-state index in [2.05, 4.69) is 24.9 Å². The molecule has 1 aromatic heterocycles. The van der Waals surface area contributed by atoms with Crippen LogP contribution in [0, 0.1) is 0 Å². The van der Waals surface area contributed by atoms with Crippen molar-refractivity contribution in [2.75, 3.05) is 37.8 Å². The first kappa shape index (κ1) is 31.2. The van der Waals surface area contributed by atoms with Crippen LogP contribution in [0.4, 0.5) is 17.3 Å². The lowest BCUT2D eigenvalue weighted by Gasteiger charge is -2.16. The Balaban J connectivity index is 1.57. The molecule has 4 N–H and O–H groups in total. The minimum atomic E-state index is -4.12. The highest BCUT2D eigenvalue weighted by atomic mass is 35.5. The molecule has 0 aliphatic heterocycles. The minimum Gasteiger partial charge on any atom is -0.497 e. The lowest BCUT2D eigenvalue weighted by Crippen LogP contribution is -2.32. The van der Waals surface area contributed by atoms with Gasteiger partial charge in [-0.05, 0) is 75.4 Å². The summed E-state index contributed by atoms with van der Waals surface area (Å²) in [6.07, 6.45) is 2.41. The average Bonchev–Trinajstić information content (AvgIpc) is 2.96. The predicted octanol–water partition coefficient (Wildman–Crippen LogP) is 5.01. The van der Waals surface area contributed by atoms with Crippen LogP contribution >= 0.6 is 11.6 Å². The van der Waals surface area contributed by atoms with Gasteiger partial charge >= 0.3 is 0 Å². The van der Waals surface area contributed by atoms with E-state index in [0.29, 0.717) is 39.5 Å². The lowest BCUT2D eigenvalue weighted by molar-refractivity contribution is -0.119. The van der Waals surface area contributed by atoms with Gasteiger partial charge in [-0.1, -0.05) is 42.3 Å². The van der Waals surface area contributed by atoms with Crippen molar-refractivity contribution < 1.29 is 17.9 Å². The number of ether oxygens (including phenoxy) is 1. The summed E-state index contributed by atoms with van der Waals surface area (Å²) < 4.78 is 34.9. The fraction of sp³-hybridized carbons (Fsp3) is 0.300. The molecule has 222 valence electrons. The molecule has 0 unspecified atom stereocenters. The van der Waals surface area contributed by atoms with Crippen molar-refractivity contribution >= 4 is 55.8 Å². The highest BCUT2D eigenvalue weighted by Crippen LogP contribution is 2.32. The number of halogens is 1. The van der Waals surface area contributed by atoms with Gasteiger partial charge in [0, 0.05) is 12.5 Å². The van der Waals surface area contributed by atoms with Crippen LogP contribution in [0.15, 0.2) is 71.6 Å². The van der Waals surface area contributed by atoms with Crippen molar-refractivity contribution in [2.24, 2.45) is 5.73 Å². The van der Waals surface area contributed by atoms with Gasteiger partial charge in [0.15, 0.2) is 17.4 Å². The van der Waals surface area contributed by atoms with Crippen molar-refractivity contribution in [3.8, 4) is 5.75 Å². The van der Waals surface area contributed by atoms with Crippen LogP contribution in [0.5, 0.6) is 5.75 Å². The topological polar surface area (TPSA) is 140 Å². The Bertz CT molecular complexity index is 1670. The number of fused-ring (bicyclic) bond motifs is 1. The number of carbonyl (C=O) groups is 1. The summed E-state index contributed by atoms with van der Waals surface area (Å²) >= 11 is 6.39. The van der Waals surface area contributed by atoms with E-state index in [1.54, 1.807) is 48.5 Å². The first-order valence-electron chi connectivity index (χ1n) is 13.5. The molecule has 1 heterocycles. The van der Waals surface area contributed by atoms with E-state index in [9.17, 15) is 13.2 Å². The van der Waals surface area contributed by atoms with Gasteiger partial charge in [-0.15, -0.1) is 0 Å². The normalized spacial score (nSPS) is 12.3.